The van der Waals surface area contributed by atoms with Gasteiger partial charge in [0.05, 0.1) is 6.54 Å². The van der Waals surface area contributed by atoms with E-state index < -0.39 is 0 Å². The molecule has 0 aliphatic heterocycles. The van der Waals surface area contributed by atoms with E-state index in [-0.39, 0.29) is 11.9 Å². The van der Waals surface area contributed by atoms with E-state index in [0.29, 0.717) is 13.0 Å². The van der Waals surface area contributed by atoms with Gasteiger partial charge in [0.1, 0.15) is 12.4 Å². The van der Waals surface area contributed by atoms with Crippen LogP contribution in [0.3, 0.4) is 0 Å². The Labute approximate surface area is 193 Å². The predicted octanol–water partition coefficient (Wildman–Crippen LogP) is 5.63. The number of hydrogen-bond donors (Lipinski definition) is 1. The Balaban J connectivity index is 1.58. The van der Waals surface area contributed by atoms with Crippen LogP contribution in [-0.2, 0) is 24.3 Å². The molecule has 1 heterocycles. The maximum Gasteiger partial charge on any atom is 0.266 e. The number of carbonyl (C=O) groups is 1. The Morgan fingerprint density at radius 2 is 1.50 bits per heavy atom. The molecule has 2 aromatic carbocycles. The Bertz CT molecular complexity index is 905. The van der Waals surface area contributed by atoms with Crippen molar-refractivity contribution in [2.24, 2.45) is 0 Å². The van der Waals surface area contributed by atoms with Gasteiger partial charge in [-0.3, -0.25) is 4.79 Å². The van der Waals surface area contributed by atoms with Crippen molar-refractivity contribution in [1.29, 1.82) is 0 Å². The van der Waals surface area contributed by atoms with Crippen molar-refractivity contribution in [3.05, 3.63) is 90.5 Å². The normalized spacial score (nSPS) is 11.9. The monoisotopic (exact) mass is 432 g/mol. The van der Waals surface area contributed by atoms with Crippen LogP contribution in [0.1, 0.15) is 69.0 Å². The highest BCUT2D eigenvalue weighted by molar-refractivity contribution is 5.80. The summed E-state index contributed by atoms with van der Waals surface area (Å²) in [6.45, 7) is 3.81. The molecule has 0 fully saturated rings. The lowest BCUT2D eigenvalue weighted by Gasteiger charge is -2.14. The number of aryl methyl sites for hydroxylation is 1. The van der Waals surface area contributed by atoms with Gasteiger partial charge in [-0.05, 0) is 24.0 Å². The first-order valence-electron chi connectivity index (χ1n) is 12.2. The first-order valence-corrected chi connectivity index (χ1v) is 12.2. The first-order chi connectivity index (χ1) is 15.8. The molecule has 1 atom stereocenters. The molecule has 4 heteroatoms. The summed E-state index contributed by atoms with van der Waals surface area (Å²) in [5.41, 5.74) is 2.28. The van der Waals surface area contributed by atoms with Gasteiger partial charge in [0.2, 0.25) is 6.33 Å². The Morgan fingerprint density at radius 3 is 2.19 bits per heavy atom. The number of imidazole rings is 1. The molecular weight excluding hydrogens is 394 g/mol. The lowest BCUT2D eigenvalue weighted by molar-refractivity contribution is -0.697. The molecule has 0 radical (unpaired) electrons. The number of aromatic nitrogens is 2. The number of nitrogens with one attached hydrogen (secondary N) is 1. The summed E-state index contributed by atoms with van der Waals surface area (Å²) in [6, 6.07) is 20.1. The molecule has 0 saturated carbocycles. The minimum Gasteiger partial charge on any atom is -0.348 e. The average molecular weight is 433 g/mol. The topological polar surface area (TPSA) is 37.9 Å². The zero-order valence-electron chi connectivity index (χ0n) is 19.5. The standard InChI is InChI=1S/C28H37N3O/c1-2-3-4-5-6-7-14-19-30-20-21-31(24-30)27(22-25-15-10-8-11-16-25)28(32)29-23-26-17-12-9-13-18-26/h8-13,15-18,20-21,24,27H,2-7,14,19,22-23H2,1H3/p+1/t27-/m0/s1. The smallest absolute Gasteiger partial charge is 0.266 e. The van der Waals surface area contributed by atoms with Crippen molar-refractivity contribution in [1.82, 2.24) is 9.88 Å². The van der Waals surface area contributed by atoms with Crippen molar-refractivity contribution in [3.8, 4) is 0 Å². The SMILES string of the molecule is CCCCCCCCC[n+]1ccn([C@@H](Cc2ccccc2)C(=O)NCc2ccccc2)c1. The molecule has 3 rings (SSSR count). The van der Waals surface area contributed by atoms with Gasteiger partial charge >= 0.3 is 0 Å². The molecule has 4 nitrogen and oxygen atoms in total. The van der Waals surface area contributed by atoms with Crippen LogP contribution in [-0.4, -0.2) is 10.5 Å². The molecule has 0 saturated heterocycles. The fourth-order valence-electron chi connectivity index (χ4n) is 4.05. The van der Waals surface area contributed by atoms with E-state index in [2.05, 4.69) is 46.0 Å². The molecule has 0 bridgehead atoms. The van der Waals surface area contributed by atoms with E-state index in [1.54, 1.807) is 0 Å². The lowest BCUT2D eigenvalue weighted by atomic mass is 10.0. The molecule has 1 amide bonds. The third kappa shape index (κ3) is 7.99. The van der Waals surface area contributed by atoms with Crippen LogP contribution < -0.4 is 9.88 Å². The predicted molar refractivity (Wildman–Crippen MR) is 130 cm³/mol. The Hall–Kier alpha value is -2.88. The van der Waals surface area contributed by atoms with Crippen LogP contribution in [0, 0.1) is 0 Å². The lowest BCUT2D eigenvalue weighted by Crippen LogP contribution is -2.35. The number of carbonyl (C=O) groups excluding carboxylic acids is 1. The summed E-state index contributed by atoms with van der Waals surface area (Å²) in [6.07, 6.45) is 16.0. The quantitative estimate of drug-likeness (QED) is 0.260. The molecule has 0 unspecified atom stereocenters. The fraction of sp³-hybridized carbons (Fsp3) is 0.429. The largest absolute Gasteiger partial charge is 0.348 e. The second-order valence-corrected chi connectivity index (χ2v) is 8.63. The summed E-state index contributed by atoms with van der Waals surface area (Å²) in [7, 11) is 0. The van der Waals surface area contributed by atoms with Gasteiger partial charge in [0, 0.05) is 13.0 Å². The molecular formula is C28H38N3O+. The third-order valence-electron chi connectivity index (χ3n) is 5.98. The zero-order valence-corrected chi connectivity index (χ0v) is 19.5. The van der Waals surface area contributed by atoms with Gasteiger partial charge in [-0.15, -0.1) is 0 Å². The van der Waals surface area contributed by atoms with E-state index in [1.165, 1.54) is 50.5 Å². The summed E-state index contributed by atoms with van der Waals surface area (Å²) in [4.78, 5) is 13.2. The van der Waals surface area contributed by atoms with Crippen molar-refractivity contribution in [2.45, 2.75) is 77.4 Å². The van der Waals surface area contributed by atoms with Gasteiger partial charge in [-0.25, -0.2) is 9.13 Å². The average Bonchev–Trinajstić information content (AvgIpc) is 3.30. The molecule has 3 aromatic rings. The number of nitrogens with zero attached hydrogens (tertiary/aromatic N) is 2. The highest BCUT2D eigenvalue weighted by Crippen LogP contribution is 2.15. The minimum absolute atomic E-state index is 0.0522. The third-order valence-corrected chi connectivity index (χ3v) is 5.98. The summed E-state index contributed by atoms with van der Waals surface area (Å²) in [5, 5.41) is 3.13. The number of rotatable bonds is 14. The molecule has 170 valence electrons. The van der Waals surface area contributed by atoms with Gasteiger partial charge in [0.15, 0.2) is 6.04 Å². The van der Waals surface area contributed by atoms with Crippen LogP contribution >= 0.6 is 0 Å². The molecule has 0 aliphatic carbocycles. The molecule has 1 N–H and O–H groups in total. The molecule has 1 aromatic heterocycles. The van der Waals surface area contributed by atoms with Crippen LogP contribution in [0.4, 0.5) is 0 Å². The second-order valence-electron chi connectivity index (χ2n) is 8.63. The number of benzene rings is 2. The van der Waals surface area contributed by atoms with E-state index in [4.69, 9.17) is 0 Å². The molecule has 0 aliphatic rings. The highest BCUT2D eigenvalue weighted by Gasteiger charge is 2.25. The summed E-state index contributed by atoms with van der Waals surface area (Å²) >= 11 is 0. The minimum atomic E-state index is -0.267. The highest BCUT2D eigenvalue weighted by atomic mass is 16.2. The Kier molecular flexibility index (Phi) is 10.0. The van der Waals surface area contributed by atoms with Crippen LogP contribution in [0.25, 0.3) is 0 Å². The maximum absolute atomic E-state index is 13.2. The van der Waals surface area contributed by atoms with E-state index in [0.717, 1.165) is 12.1 Å². The molecule has 32 heavy (non-hydrogen) atoms. The maximum atomic E-state index is 13.2. The summed E-state index contributed by atoms with van der Waals surface area (Å²) < 4.78 is 4.28. The van der Waals surface area contributed by atoms with Crippen molar-refractivity contribution in [2.75, 3.05) is 0 Å². The van der Waals surface area contributed by atoms with Gasteiger partial charge < -0.3 is 5.32 Å². The number of hydrogen-bond acceptors (Lipinski definition) is 1. The van der Waals surface area contributed by atoms with Gasteiger partial charge in [-0.2, -0.15) is 0 Å². The van der Waals surface area contributed by atoms with Gasteiger partial charge in [-0.1, -0.05) is 99.7 Å². The van der Waals surface area contributed by atoms with Crippen molar-refractivity contribution < 1.29 is 9.36 Å². The van der Waals surface area contributed by atoms with Gasteiger partial charge in [0.25, 0.3) is 5.91 Å². The van der Waals surface area contributed by atoms with Crippen LogP contribution in [0.5, 0.6) is 0 Å². The second kappa shape index (κ2) is 13.5. The van der Waals surface area contributed by atoms with E-state index in [1.807, 2.05) is 54.7 Å². The van der Waals surface area contributed by atoms with E-state index in [9.17, 15) is 4.79 Å². The first kappa shape index (κ1) is 23.8. The van der Waals surface area contributed by atoms with Crippen LogP contribution in [0.2, 0.25) is 0 Å². The van der Waals surface area contributed by atoms with Crippen molar-refractivity contribution in [3.63, 3.8) is 0 Å². The van der Waals surface area contributed by atoms with Crippen molar-refractivity contribution >= 4 is 5.91 Å². The Morgan fingerprint density at radius 1 is 0.875 bits per heavy atom. The van der Waals surface area contributed by atoms with E-state index >= 15 is 0 Å². The number of unbranched alkanes of at least 4 members (excludes halogenated alkanes) is 6. The number of amides is 1. The zero-order chi connectivity index (χ0) is 22.4. The fourth-order valence-corrected chi connectivity index (χ4v) is 4.05. The summed E-state index contributed by atoms with van der Waals surface area (Å²) in [5.74, 6) is 0.0522. The molecule has 0 spiro atoms. The van der Waals surface area contributed by atoms with Crippen LogP contribution in [0.15, 0.2) is 79.4 Å².